The van der Waals surface area contributed by atoms with E-state index in [1.54, 1.807) is 13.2 Å². The van der Waals surface area contributed by atoms with Gasteiger partial charge in [-0.25, -0.2) is 0 Å². The van der Waals surface area contributed by atoms with E-state index < -0.39 is 0 Å². The summed E-state index contributed by atoms with van der Waals surface area (Å²) >= 11 is 0. The summed E-state index contributed by atoms with van der Waals surface area (Å²) in [5, 5.41) is 12.4. The first kappa shape index (κ1) is 10.4. The summed E-state index contributed by atoms with van der Waals surface area (Å²) in [6, 6.07) is 16.2. The van der Waals surface area contributed by atoms with Crippen LogP contribution < -0.4 is 4.74 Å². The van der Waals surface area contributed by atoms with Crippen LogP contribution in [-0.4, -0.2) is 12.2 Å². The minimum atomic E-state index is 0.186. The molecule has 0 atom stereocenters. The van der Waals surface area contributed by atoms with Crippen LogP contribution in [0.4, 0.5) is 0 Å². The predicted octanol–water partition coefficient (Wildman–Crippen LogP) is 4.20. The molecule has 1 N–H and O–H groups in total. The van der Waals surface area contributed by atoms with Gasteiger partial charge in [-0.2, -0.15) is 0 Å². The molecule has 0 aromatic heterocycles. The van der Waals surface area contributed by atoms with Crippen molar-refractivity contribution >= 4 is 10.8 Å². The van der Waals surface area contributed by atoms with Gasteiger partial charge in [0.2, 0.25) is 0 Å². The van der Waals surface area contributed by atoms with E-state index in [9.17, 15) is 5.11 Å². The third kappa shape index (κ3) is 1.21. The molecule has 0 radical (unpaired) electrons. The molecule has 0 saturated heterocycles. The van der Waals surface area contributed by atoms with Crippen LogP contribution >= 0.6 is 0 Å². The van der Waals surface area contributed by atoms with Crippen LogP contribution in [0.1, 0.15) is 0 Å². The zero-order chi connectivity index (χ0) is 13.0. The van der Waals surface area contributed by atoms with E-state index in [1.807, 2.05) is 12.1 Å². The summed E-state index contributed by atoms with van der Waals surface area (Å²) in [7, 11) is 1.60. The first-order valence-corrected chi connectivity index (χ1v) is 6.23. The van der Waals surface area contributed by atoms with E-state index >= 15 is 0 Å². The van der Waals surface area contributed by atoms with Crippen molar-refractivity contribution in [2.45, 2.75) is 0 Å². The lowest BCUT2D eigenvalue weighted by molar-refractivity contribution is 0.375. The fraction of sp³-hybridized carbons (Fsp3) is 0.0588. The molecule has 0 saturated carbocycles. The van der Waals surface area contributed by atoms with E-state index in [0.29, 0.717) is 5.75 Å². The fourth-order valence-electron chi connectivity index (χ4n) is 3.04. The van der Waals surface area contributed by atoms with E-state index in [0.717, 1.165) is 16.7 Å². The molecular formula is C17H12O2. The number of benzene rings is 3. The lowest BCUT2D eigenvalue weighted by Crippen LogP contribution is -1.88. The molecular weight excluding hydrogens is 236 g/mol. The smallest absolute Gasteiger partial charge is 0.168 e. The Morgan fingerprint density at radius 3 is 2.32 bits per heavy atom. The third-order valence-corrected chi connectivity index (χ3v) is 3.81. The maximum absolute atomic E-state index is 9.98. The predicted molar refractivity (Wildman–Crippen MR) is 76.6 cm³/mol. The standard InChI is InChI=1S/C17H12O2/c1-19-17-14(18)9-8-12-11-6-2-4-10-5-3-7-13(15(10)11)16(12)17/h2-9,18H,1H3. The molecule has 0 amide bonds. The molecule has 0 heterocycles. The number of methoxy groups -OCH3 is 1. The van der Waals surface area contributed by atoms with Gasteiger partial charge in [-0.05, 0) is 39.6 Å². The largest absolute Gasteiger partial charge is 0.504 e. The molecule has 0 fully saturated rings. The van der Waals surface area contributed by atoms with Gasteiger partial charge in [0.05, 0.1) is 7.11 Å². The van der Waals surface area contributed by atoms with Crippen LogP contribution in [0.5, 0.6) is 11.5 Å². The topological polar surface area (TPSA) is 29.5 Å². The molecule has 1 aliphatic rings. The zero-order valence-electron chi connectivity index (χ0n) is 10.5. The minimum absolute atomic E-state index is 0.186. The highest BCUT2D eigenvalue weighted by Crippen LogP contribution is 2.53. The van der Waals surface area contributed by atoms with Gasteiger partial charge < -0.3 is 9.84 Å². The molecule has 92 valence electrons. The van der Waals surface area contributed by atoms with E-state index in [-0.39, 0.29) is 5.75 Å². The lowest BCUT2D eigenvalue weighted by atomic mass is 10.0. The van der Waals surface area contributed by atoms with Crippen molar-refractivity contribution in [3.8, 4) is 33.8 Å². The van der Waals surface area contributed by atoms with Gasteiger partial charge in [-0.15, -0.1) is 0 Å². The number of hydrogen-bond donors (Lipinski definition) is 1. The maximum Gasteiger partial charge on any atom is 0.168 e. The van der Waals surface area contributed by atoms with Gasteiger partial charge in [0.25, 0.3) is 0 Å². The first-order chi connectivity index (χ1) is 9.31. The summed E-state index contributed by atoms with van der Waals surface area (Å²) in [4.78, 5) is 0. The Balaban J connectivity index is 2.24. The van der Waals surface area contributed by atoms with Gasteiger partial charge in [0, 0.05) is 5.56 Å². The number of rotatable bonds is 1. The number of aromatic hydroxyl groups is 1. The monoisotopic (exact) mass is 248 g/mol. The van der Waals surface area contributed by atoms with Crippen LogP contribution in [-0.2, 0) is 0 Å². The molecule has 4 rings (SSSR count). The van der Waals surface area contributed by atoms with Crippen molar-refractivity contribution in [2.75, 3.05) is 7.11 Å². The summed E-state index contributed by atoms with van der Waals surface area (Å²) in [6.45, 7) is 0. The molecule has 0 bridgehead atoms. The Labute approximate surface area is 110 Å². The summed E-state index contributed by atoms with van der Waals surface area (Å²) in [6.07, 6.45) is 0. The summed E-state index contributed by atoms with van der Waals surface area (Å²) in [5.41, 5.74) is 4.47. The van der Waals surface area contributed by atoms with E-state index in [1.165, 1.54) is 16.3 Å². The fourth-order valence-corrected chi connectivity index (χ4v) is 3.04. The van der Waals surface area contributed by atoms with Crippen molar-refractivity contribution in [3.63, 3.8) is 0 Å². The molecule has 19 heavy (non-hydrogen) atoms. The van der Waals surface area contributed by atoms with Crippen LogP contribution in [0.15, 0.2) is 48.5 Å². The number of hydrogen-bond acceptors (Lipinski definition) is 2. The van der Waals surface area contributed by atoms with Crippen LogP contribution in [0.2, 0.25) is 0 Å². The number of phenols is 1. The van der Waals surface area contributed by atoms with Crippen molar-refractivity contribution in [3.05, 3.63) is 48.5 Å². The maximum atomic E-state index is 9.98. The lowest BCUT2D eigenvalue weighted by Gasteiger charge is -2.10. The van der Waals surface area contributed by atoms with Gasteiger partial charge in [0.15, 0.2) is 11.5 Å². The Kier molecular flexibility index (Phi) is 1.93. The van der Waals surface area contributed by atoms with Gasteiger partial charge >= 0.3 is 0 Å². The first-order valence-electron chi connectivity index (χ1n) is 6.23. The number of phenolic OH excluding ortho intramolecular Hbond substituents is 1. The molecule has 0 aliphatic heterocycles. The van der Waals surface area contributed by atoms with Crippen LogP contribution in [0.25, 0.3) is 33.0 Å². The van der Waals surface area contributed by atoms with Gasteiger partial charge in [-0.1, -0.05) is 36.4 Å². The third-order valence-electron chi connectivity index (χ3n) is 3.81. The Morgan fingerprint density at radius 1 is 0.842 bits per heavy atom. The molecule has 2 nitrogen and oxygen atoms in total. The second-order valence-corrected chi connectivity index (χ2v) is 4.75. The molecule has 3 aromatic rings. The second kappa shape index (κ2) is 3.51. The molecule has 0 unspecified atom stereocenters. The molecule has 2 heteroatoms. The van der Waals surface area contributed by atoms with E-state index in [4.69, 9.17) is 4.74 Å². The highest BCUT2D eigenvalue weighted by molar-refractivity contribution is 6.16. The summed E-state index contributed by atoms with van der Waals surface area (Å²) < 4.78 is 5.40. The normalized spacial score (nSPS) is 11.6. The Hall–Kier alpha value is -2.48. The van der Waals surface area contributed by atoms with Crippen molar-refractivity contribution in [1.29, 1.82) is 0 Å². The molecule has 3 aromatic carbocycles. The highest BCUT2D eigenvalue weighted by Gasteiger charge is 2.25. The average Bonchev–Trinajstić information content (AvgIpc) is 2.76. The Bertz CT molecular complexity index is 814. The SMILES string of the molecule is COc1c(O)ccc2c1-c1cccc3cccc-2c13. The highest BCUT2D eigenvalue weighted by atomic mass is 16.5. The van der Waals surface area contributed by atoms with Gasteiger partial charge in [0.1, 0.15) is 0 Å². The summed E-state index contributed by atoms with van der Waals surface area (Å²) in [5.74, 6) is 0.743. The minimum Gasteiger partial charge on any atom is -0.504 e. The van der Waals surface area contributed by atoms with Crippen molar-refractivity contribution < 1.29 is 9.84 Å². The zero-order valence-corrected chi connectivity index (χ0v) is 10.5. The molecule has 0 spiro atoms. The van der Waals surface area contributed by atoms with Crippen molar-refractivity contribution in [1.82, 2.24) is 0 Å². The van der Waals surface area contributed by atoms with Gasteiger partial charge in [-0.3, -0.25) is 0 Å². The van der Waals surface area contributed by atoms with Crippen LogP contribution in [0, 0.1) is 0 Å². The van der Waals surface area contributed by atoms with E-state index in [2.05, 4.69) is 30.3 Å². The molecule has 1 aliphatic carbocycles. The van der Waals surface area contributed by atoms with Crippen LogP contribution in [0.3, 0.4) is 0 Å². The number of fused-ring (bicyclic) bond motifs is 3. The van der Waals surface area contributed by atoms with Crippen molar-refractivity contribution in [2.24, 2.45) is 0 Å². The second-order valence-electron chi connectivity index (χ2n) is 4.75. The Morgan fingerprint density at radius 2 is 1.58 bits per heavy atom. The number of ether oxygens (including phenoxy) is 1. The average molecular weight is 248 g/mol. The quantitative estimate of drug-likeness (QED) is 0.547.